The van der Waals surface area contributed by atoms with Gasteiger partial charge in [0.05, 0.1) is 0 Å². The molecule has 6 heteroatoms. The monoisotopic (exact) mass is 261 g/mol. The summed E-state index contributed by atoms with van der Waals surface area (Å²) in [6.07, 6.45) is 4.67. The summed E-state index contributed by atoms with van der Waals surface area (Å²) in [5, 5.41) is 17.3. The molecule has 0 radical (unpaired) electrons. The fourth-order valence-electron chi connectivity index (χ4n) is 2.48. The zero-order valence-electron chi connectivity index (χ0n) is 10.5. The molecular formula is C13H15N3O3. The molecule has 1 aliphatic rings. The Balaban J connectivity index is 1.92. The van der Waals surface area contributed by atoms with Crippen molar-refractivity contribution in [1.82, 2.24) is 14.6 Å². The fourth-order valence-corrected chi connectivity index (χ4v) is 2.48. The Morgan fingerprint density at radius 1 is 1.42 bits per heavy atom. The van der Waals surface area contributed by atoms with E-state index in [2.05, 4.69) is 10.2 Å². The lowest BCUT2D eigenvalue weighted by Gasteiger charge is -2.20. The first kappa shape index (κ1) is 12.1. The van der Waals surface area contributed by atoms with Gasteiger partial charge in [0.15, 0.2) is 5.65 Å². The van der Waals surface area contributed by atoms with Crippen LogP contribution in [0.15, 0.2) is 18.3 Å². The van der Waals surface area contributed by atoms with Crippen LogP contribution in [0.4, 0.5) is 0 Å². The topological polar surface area (TPSA) is 76.7 Å². The Bertz CT molecular complexity index is 602. The van der Waals surface area contributed by atoms with Gasteiger partial charge >= 0.3 is 5.97 Å². The number of carboxylic acids is 1. The van der Waals surface area contributed by atoms with Crippen molar-refractivity contribution in [3.05, 3.63) is 29.7 Å². The molecule has 0 unspecified atom stereocenters. The number of hydrogen-bond donors (Lipinski definition) is 1. The van der Waals surface area contributed by atoms with Gasteiger partial charge in [-0.25, -0.2) is 4.79 Å². The molecule has 2 aromatic heterocycles. The van der Waals surface area contributed by atoms with E-state index in [1.165, 1.54) is 0 Å². The lowest BCUT2D eigenvalue weighted by Crippen LogP contribution is -2.18. The molecule has 0 aromatic carbocycles. The second kappa shape index (κ2) is 4.97. The lowest BCUT2D eigenvalue weighted by molar-refractivity contribution is 0.0659. The third-order valence-electron chi connectivity index (χ3n) is 3.55. The maximum atomic E-state index is 11.1. The normalized spacial score (nSPS) is 16.8. The predicted molar refractivity (Wildman–Crippen MR) is 67.2 cm³/mol. The molecule has 1 saturated heterocycles. The van der Waals surface area contributed by atoms with E-state index in [-0.39, 0.29) is 5.56 Å². The van der Waals surface area contributed by atoms with E-state index < -0.39 is 5.97 Å². The summed E-state index contributed by atoms with van der Waals surface area (Å²) in [6, 6.07) is 3.26. The Morgan fingerprint density at radius 3 is 2.95 bits per heavy atom. The van der Waals surface area contributed by atoms with Gasteiger partial charge in [-0.2, -0.15) is 0 Å². The van der Waals surface area contributed by atoms with Gasteiger partial charge in [0, 0.05) is 25.8 Å². The van der Waals surface area contributed by atoms with E-state index >= 15 is 0 Å². The molecule has 100 valence electrons. The summed E-state index contributed by atoms with van der Waals surface area (Å²) in [5.41, 5.74) is 0.602. The molecule has 1 fully saturated rings. The molecule has 3 rings (SSSR count). The van der Waals surface area contributed by atoms with Crippen molar-refractivity contribution in [3.63, 3.8) is 0 Å². The van der Waals surface area contributed by atoms with Crippen LogP contribution in [-0.2, 0) is 11.2 Å². The molecule has 0 amide bonds. The molecule has 0 spiro atoms. The molecule has 0 bridgehead atoms. The minimum absolute atomic E-state index is 0.188. The van der Waals surface area contributed by atoms with Crippen LogP contribution in [0.1, 0.15) is 29.0 Å². The second-order valence-corrected chi connectivity index (χ2v) is 4.80. The summed E-state index contributed by atoms with van der Waals surface area (Å²) >= 11 is 0. The van der Waals surface area contributed by atoms with Crippen molar-refractivity contribution in [2.75, 3.05) is 13.2 Å². The first-order valence-electron chi connectivity index (χ1n) is 6.39. The maximum Gasteiger partial charge on any atom is 0.339 e. The largest absolute Gasteiger partial charge is 0.478 e. The van der Waals surface area contributed by atoms with Gasteiger partial charge in [0.2, 0.25) is 0 Å². The van der Waals surface area contributed by atoms with Gasteiger partial charge in [-0.1, -0.05) is 0 Å². The summed E-state index contributed by atoms with van der Waals surface area (Å²) in [5.74, 6) is 0.384. The van der Waals surface area contributed by atoms with Crippen molar-refractivity contribution in [2.45, 2.75) is 19.3 Å². The number of hydrogen-bond acceptors (Lipinski definition) is 4. The maximum absolute atomic E-state index is 11.1. The van der Waals surface area contributed by atoms with E-state index in [1.54, 1.807) is 16.5 Å². The van der Waals surface area contributed by atoms with E-state index in [1.807, 2.05) is 6.20 Å². The smallest absolute Gasteiger partial charge is 0.339 e. The number of aromatic carboxylic acids is 1. The average Bonchev–Trinajstić information content (AvgIpc) is 2.83. The van der Waals surface area contributed by atoms with Crippen LogP contribution < -0.4 is 0 Å². The molecule has 0 aliphatic carbocycles. The van der Waals surface area contributed by atoms with Crippen LogP contribution in [0.3, 0.4) is 0 Å². The highest BCUT2D eigenvalue weighted by molar-refractivity contribution is 5.94. The molecule has 1 N–H and O–H groups in total. The molecule has 2 aromatic rings. The molecule has 3 heterocycles. The van der Waals surface area contributed by atoms with Crippen LogP contribution in [0.5, 0.6) is 0 Å². The van der Waals surface area contributed by atoms with Gasteiger partial charge < -0.3 is 9.84 Å². The van der Waals surface area contributed by atoms with Crippen LogP contribution >= 0.6 is 0 Å². The summed E-state index contributed by atoms with van der Waals surface area (Å²) in [6.45, 7) is 1.59. The van der Waals surface area contributed by atoms with Crippen molar-refractivity contribution >= 4 is 11.6 Å². The van der Waals surface area contributed by atoms with Gasteiger partial charge in [-0.3, -0.25) is 4.40 Å². The highest BCUT2D eigenvalue weighted by atomic mass is 16.5. The standard InChI is InChI=1S/C13H15N3O3/c17-13(18)10-2-1-5-16-11(14-15-12(10)16)8-9-3-6-19-7-4-9/h1-2,5,9H,3-4,6-8H2,(H,17,18). The van der Waals surface area contributed by atoms with Gasteiger partial charge in [-0.05, 0) is 30.9 Å². The number of carboxylic acid groups (broad SMARTS) is 1. The Hall–Kier alpha value is -1.95. The van der Waals surface area contributed by atoms with Crippen molar-refractivity contribution in [2.24, 2.45) is 5.92 Å². The van der Waals surface area contributed by atoms with Gasteiger partial charge in [0.1, 0.15) is 11.4 Å². The first-order valence-corrected chi connectivity index (χ1v) is 6.39. The van der Waals surface area contributed by atoms with E-state index in [9.17, 15) is 4.79 Å². The highest BCUT2D eigenvalue weighted by Gasteiger charge is 2.19. The number of ether oxygens (including phenoxy) is 1. The number of aromatic nitrogens is 3. The van der Waals surface area contributed by atoms with Gasteiger partial charge in [0.25, 0.3) is 0 Å². The van der Waals surface area contributed by atoms with Crippen molar-refractivity contribution in [3.8, 4) is 0 Å². The fraction of sp³-hybridized carbons (Fsp3) is 0.462. The van der Waals surface area contributed by atoms with E-state index in [0.717, 1.165) is 38.3 Å². The van der Waals surface area contributed by atoms with Crippen LogP contribution in [-0.4, -0.2) is 38.9 Å². The number of nitrogens with zero attached hydrogens (tertiary/aromatic N) is 3. The number of pyridine rings is 1. The summed E-state index contributed by atoms with van der Waals surface area (Å²) in [7, 11) is 0. The van der Waals surface area contributed by atoms with Crippen molar-refractivity contribution in [1.29, 1.82) is 0 Å². The molecule has 19 heavy (non-hydrogen) atoms. The van der Waals surface area contributed by atoms with Crippen molar-refractivity contribution < 1.29 is 14.6 Å². The first-order chi connectivity index (χ1) is 9.25. The van der Waals surface area contributed by atoms with Crippen LogP contribution in [0.25, 0.3) is 5.65 Å². The van der Waals surface area contributed by atoms with Gasteiger partial charge in [-0.15, -0.1) is 10.2 Å². The number of fused-ring (bicyclic) bond motifs is 1. The Morgan fingerprint density at radius 2 is 2.21 bits per heavy atom. The number of carbonyl (C=O) groups is 1. The van der Waals surface area contributed by atoms with E-state index in [0.29, 0.717) is 11.6 Å². The quantitative estimate of drug-likeness (QED) is 0.903. The average molecular weight is 261 g/mol. The number of rotatable bonds is 3. The minimum Gasteiger partial charge on any atom is -0.478 e. The second-order valence-electron chi connectivity index (χ2n) is 4.80. The Labute approximate surface area is 110 Å². The van der Waals surface area contributed by atoms with E-state index in [4.69, 9.17) is 9.84 Å². The predicted octanol–water partition coefficient (Wildman–Crippen LogP) is 1.40. The highest BCUT2D eigenvalue weighted by Crippen LogP contribution is 2.20. The van der Waals surface area contributed by atoms with Crippen LogP contribution in [0.2, 0.25) is 0 Å². The van der Waals surface area contributed by atoms with Crippen LogP contribution in [0, 0.1) is 5.92 Å². The summed E-state index contributed by atoms with van der Waals surface area (Å²) < 4.78 is 7.11. The zero-order chi connectivity index (χ0) is 13.2. The SMILES string of the molecule is O=C(O)c1cccn2c(CC3CCOCC3)nnc12. The molecule has 0 saturated carbocycles. The molecule has 0 atom stereocenters. The zero-order valence-corrected chi connectivity index (χ0v) is 10.5. The molecular weight excluding hydrogens is 246 g/mol. The third kappa shape index (κ3) is 2.31. The Kier molecular flexibility index (Phi) is 3.16. The minimum atomic E-state index is -0.976. The summed E-state index contributed by atoms with van der Waals surface area (Å²) in [4.78, 5) is 11.1. The third-order valence-corrected chi connectivity index (χ3v) is 3.55. The lowest BCUT2D eigenvalue weighted by atomic mass is 9.96. The molecule has 1 aliphatic heterocycles. The molecule has 6 nitrogen and oxygen atoms in total.